The SMILES string of the molecule is CCC(F)(F)c1cccc(NC(=O)C(C(C)=N)C(=O)Nc2ccc3cc(C)n(C)c3c2)c1. The highest BCUT2D eigenvalue weighted by Gasteiger charge is 2.31. The number of benzene rings is 2. The fourth-order valence-corrected chi connectivity index (χ4v) is 3.52. The molecule has 1 heterocycles. The first-order valence-corrected chi connectivity index (χ1v) is 10.2. The average molecular weight is 440 g/mol. The average Bonchev–Trinajstić information content (AvgIpc) is 3.01. The Bertz CT molecular complexity index is 1200. The quantitative estimate of drug-likeness (QED) is 0.347. The van der Waals surface area contributed by atoms with E-state index in [-0.39, 0.29) is 23.4 Å². The van der Waals surface area contributed by atoms with Gasteiger partial charge in [0.05, 0.1) is 5.52 Å². The van der Waals surface area contributed by atoms with Crippen molar-refractivity contribution in [1.82, 2.24) is 4.57 Å². The molecule has 0 spiro atoms. The molecule has 0 fully saturated rings. The molecule has 0 saturated heterocycles. The van der Waals surface area contributed by atoms with Gasteiger partial charge in [-0.1, -0.05) is 25.1 Å². The molecule has 1 aromatic heterocycles. The number of aryl methyl sites for hydroxylation is 2. The molecule has 3 rings (SSSR count). The number of nitrogens with one attached hydrogen (secondary N) is 3. The standard InChI is InChI=1S/C24H26F2N4O2/c1-5-24(25,26)17-7-6-8-18(12-17)28-22(31)21(15(3)27)23(32)29-19-10-9-16-11-14(2)30(4)20(16)13-19/h6-13,21,27H,5H2,1-4H3,(H,28,31)(H,29,32). The van der Waals surface area contributed by atoms with Crippen LogP contribution < -0.4 is 10.6 Å². The summed E-state index contributed by atoms with van der Waals surface area (Å²) >= 11 is 0. The monoisotopic (exact) mass is 440 g/mol. The van der Waals surface area contributed by atoms with Crippen molar-refractivity contribution < 1.29 is 18.4 Å². The Hall–Kier alpha value is -3.55. The number of rotatable bonds is 7. The predicted octanol–water partition coefficient (Wildman–Crippen LogP) is 5.22. The molecule has 1 atom stereocenters. The van der Waals surface area contributed by atoms with Gasteiger partial charge in [-0.2, -0.15) is 0 Å². The van der Waals surface area contributed by atoms with Gasteiger partial charge in [-0.15, -0.1) is 0 Å². The molecule has 0 aliphatic rings. The molecular weight excluding hydrogens is 414 g/mol. The fraction of sp³-hybridized carbons (Fsp3) is 0.292. The Morgan fingerprint density at radius 3 is 2.28 bits per heavy atom. The molecule has 3 N–H and O–H groups in total. The molecule has 6 nitrogen and oxygen atoms in total. The zero-order valence-corrected chi connectivity index (χ0v) is 18.4. The van der Waals surface area contributed by atoms with Crippen molar-refractivity contribution in [2.45, 2.75) is 33.1 Å². The lowest BCUT2D eigenvalue weighted by atomic mass is 10.0. The lowest BCUT2D eigenvalue weighted by molar-refractivity contribution is -0.126. The number of alkyl halides is 2. The zero-order valence-electron chi connectivity index (χ0n) is 18.4. The summed E-state index contributed by atoms with van der Waals surface area (Å²) in [6.45, 7) is 4.70. The summed E-state index contributed by atoms with van der Waals surface area (Å²) in [5.74, 6) is -5.86. The molecule has 0 aliphatic heterocycles. The lowest BCUT2D eigenvalue weighted by Crippen LogP contribution is -2.38. The second-order valence-electron chi connectivity index (χ2n) is 7.85. The molecule has 0 bridgehead atoms. The van der Waals surface area contributed by atoms with E-state index in [1.165, 1.54) is 38.1 Å². The topological polar surface area (TPSA) is 87.0 Å². The van der Waals surface area contributed by atoms with E-state index < -0.39 is 23.7 Å². The van der Waals surface area contributed by atoms with E-state index in [0.29, 0.717) is 5.69 Å². The molecule has 0 saturated carbocycles. The third-order valence-electron chi connectivity index (χ3n) is 5.51. The van der Waals surface area contributed by atoms with Gasteiger partial charge in [0.1, 0.15) is 0 Å². The number of hydrogen-bond donors (Lipinski definition) is 3. The number of aromatic nitrogens is 1. The molecule has 0 aliphatic carbocycles. The van der Waals surface area contributed by atoms with Gasteiger partial charge in [-0.05, 0) is 49.6 Å². The van der Waals surface area contributed by atoms with Crippen molar-refractivity contribution in [2.24, 2.45) is 13.0 Å². The highest BCUT2D eigenvalue weighted by molar-refractivity contribution is 6.24. The molecule has 2 aromatic carbocycles. The van der Waals surface area contributed by atoms with Crippen molar-refractivity contribution in [3.63, 3.8) is 0 Å². The van der Waals surface area contributed by atoms with Crippen LogP contribution in [0.4, 0.5) is 20.2 Å². The van der Waals surface area contributed by atoms with Gasteiger partial charge in [0.15, 0.2) is 5.92 Å². The zero-order chi connectivity index (χ0) is 23.6. The summed E-state index contributed by atoms with van der Waals surface area (Å²) in [4.78, 5) is 25.6. The second-order valence-corrected chi connectivity index (χ2v) is 7.85. The summed E-state index contributed by atoms with van der Waals surface area (Å²) in [6, 6.07) is 12.8. The third-order valence-corrected chi connectivity index (χ3v) is 5.51. The molecule has 32 heavy (non-hydrogen) atoms. The highest BCUT2D eigenvalue weighted by Crippen LogP contribution is 2.32. The van der Waals surface area contributed by atoms with E-state index in [2.05, 4.69) is 10.6 Å². The van der Waals surface area contributed by atoms with Crippen molar-refractivity contribution in [2.75, 3.05) is 10.6 Å². The Kier molecular flexibility index (Phi) is 6.43. The molecule has 3 aromatic rings. The Balaban J connectivity index is 1.80. The van der Waals surface area contributed by atoms with Gasteiger partial charge in [-0.25, -0.2) is 8.78 Å². The van der Waals surface area contributed by atoms with Crippen LogP contribution in [0.3, 0.4) is 0 Å². The normalized spacial score (nSPS) is 12.4. The highest BCUT2D eigenvalue weighted by atomic mass is 19.3. The first kappa shape index (κ1) is 23.1. The van der Waals surface area contributed by atoms with Gasteiger partial charge in [-0.3, -0.25) is 9.59 Å². The summed E-state index contributed by atoms with van der Waals surface area (Å²) in [5.41, 5.74) is 2.23. The number of carbonyl (C=O) groups excluding carboxylic acids is 2. The molecule has 168 valence electrons. The second kappa shape index (κ2) is 8.90. The van der Waals surface area contributed by atoms with Crippen LogP contribution in [0.25, 0.3) is 10.9 Å². The van der Waals surface area contributed by atoms with Gasteiger partial charge in [0, 0.05) is 41.8 Å². The van der Waals surface area contributed by atoms with Gasteiger partial charge >= 0.3 is 0 Å². The number of carbonyl (C=O) groups is 2. The van der Waals surface area contributed by atoms with Crippen LogP contribution in [0.2, 0.25) is 0 Å². The minimum Gasteiger partial charge on any atom is -0.348 e. The Morgan fingerprint density at radius 1 is 1.06 bits per heavy atom. The maximum absolute atomic E-state index is 14.0. The van der Waals surface area contributed by atoms with E-state index in [4.69, 9.17) is 5.41 Å². The van der Waals surface area contributed by atoms with Gasteiger partial charge < -0.3 is 20.6 Å². The van der Waals surface area contributed by atoms with Crippen LogP contribution in [0.1, 0.15) is 31.5 Å². The minimum atomic E-state index is -3.02. The summed E-state index contributed by atoms with van der Waals surface area (Å²) in [5, 5.41) is 14.1. The van der Waals surface area contributed by atoms with Crippen molar-refractivity contribution in [1.29, 1.82) is 5.41 Å². The molecule has 2 amide bonds. The van der Waals surface area contributed by atoms with Crippen LogP contribution in [-0.4, -0.2) is 22.1 Å². The number of amides is 2. The molecule has 1 unspecified atom stereocenters. The van der Waals surface area contributed by atoms with E-state index in [0.717, 1.165) is 16.6 Å². The summed E-state index contributed by atoms with van der Waals surface area (Å²) in [7, 11) is 1.91. The van der Waals surface area contributed by atoms with Crippen LogP contribution in [0.5, 0.6) is 0 Å². The number of hydrogen-bond acceptors (Lipinski definition) is 3. The van der Waals surface area contributed by atoms with E-state index >= 15 is 0 Å². The van der Waals surface area contributed by atoms with Crippen LogP contribution in [0.15, 0.2) is 48.5 Å². The maximum Gasteiger partial charge on any atom is 0.273 e. The van der Waals surface area contributed by atoms with Crippen LogP contribution in [0, 0.1) is 18.3 Å². The molecule has 8 heteroatoms. The largest absolute Gasteiger partial charge is 0.348 e. The van der Waals surface area contributed by atoms with E-state index in [9.17, 15) is 18.4 Å². The number of nitrogens with zero attached hydrogens (tertiary/aromatic N) is 1. The molecule has 0 radical (unpaired) electrons. The van der Waals surface area contributed by atoms with Crippen molar-refractivity contribution in [3.8, 4) is 0 Å². The summed E-state index contributed by atoms with van der Waals surface area (Å²) < 4.78 is 30.0. The van der Waals surface area contributed by atoms with E-state index in [1.807, 2.05) is 30.7 Å². The number of halogens is 2. The van der Waals surface area contributed by atoms with Crippen LogP contribution >= 0.6 is 0 Å². The first-order chi connectivity index (χ1) is 15.0. The van der Waals surface area contributed by atoms with Crippen molar-refractivity contribution in [3.05, 3.63) is 59.8 Å². The van der Waals surface area contributed by atoms with Gasteiger partial charge in [0.25, 0.3) is 5.92 Å². The minimum absolute atomic E-state index is 0.139. The summed E-state index contributed by atoms with van der Waals surface area (Å²) in [6.07, 6.45) is -0.375. The number of fused-ring (bicyclic) bond motifs is 1. The number of anilines is 2. The van der Waals surface area contributed by atoms with Crippen molar-refractivity contribution >= 4 is 39.8 Å². The lowest BCUT2D eigenvalue weighted by Gasteiger charge is -2.18. The fourth-order valence-electron chi connectivity index (χ4n) is 3.52. The predicted molar refractivity (Wildman–Crippen MR) is 122 cm³/mol. The molecular formula is C24H26F2N4O2. The Morgan fingerprint density at radius 2 is 1.69 bits per heavy atom. The Labute approximate surface area is 185 Å². The van der Waals surface area contributed by atoms with E-state index in [1.54, 1.807) is 12.1 Å². The van der Waals surface area contributed by atoms with Gasteiger partial charge in [0.2, 0.25) is 11.8 Å². The smallest absolute Gasteiger partial charge is 0.273 e. The van der Waals surface area contributed by atoms with Crippen LogP contribution in [-0.2, 0) is 22.6 Å². The maximum atomic E-state index is 14.0. The third kappa shape index (κ3) is 4.69. The first-order valence-electron chi connectivity index (χ1n) is 10.2.